The number of carboxylic acid groups (broad SMARTS) is 1. The van der Waals surface area contributed by atoms with Gasteiger partial charge in [0.2, 0.25) is 0 Å². The van der Waals surface area contributed by atoms with Gasteiger partial charge < -0.3 is 25.4 Å². The van der Waals surface area contributed by atoms with Crippen molar-refractivity contribution in [2.75, 3.05) is 26.8 Å². The molecule has 2 aliphatic heterocycles. The Labute approximate surface area is 236 Å². The van der Waals surface area contributed by atoms with Gasteiger partial charge in [0.15, 0.2) is 11.6 Å². The number of ether oxygens (including phenoxy) is 1. The molecule has 0 radical (unpaired) electrons. The average molecular weight is 570 g/mol. The number of aromatic nitrogens is 1. The number of halogens is 2. The number of carbonyl (C=O) groups is 3. The molecule has 4 amide bonds. The Kier molecular flexibility index (Phi) is 8.60. The molecular formula is C29H33F2N5O5. The maximum atomic E-state index is 14.2. The number of aliphatic carboxylic acids is 1. The minimum absolute atomic E-state index is 0.0556. The van der Waals surface area contributed by atoms with Gasteiger partial charge in [0.05, 0.1) is 17.9 Å². The van der Waals surface area contributed by atoms with Crippen molar-refractivity contribution in [3.05, 3.63) is 76.8 Å². The van der Waals surface area contributed by atoms with E-state index in [0.717, 1.165) is 61.1 Å². The lowest BCUT2D eigenvalue weighted by Gasteiger charge is -2.37. The summed E-state index contributed by atoms with van der Waals surface area (Å²) in [6.45, 7) is 1.59. The Balaban J connectivity index is 1.29. The number of likely N-dealkylation sites (tertiary alicyclic amines) is 1. The Morgan fingerprint density at radius 1 is 1.12 bits per heavy atom. The Morgan fingerprint density at radius 3 is 2.56 bits per heavy atom. The Morgan fingerprint density at radius 2 is 1.90 bits per heavy atom. The first-order valence-corrected chi connectivity index (χ1v) is 13.7. The zero-order valence-electron chi connectivity index (χ0n) is 22.7. The van der Waals surface area contributed by atoms with E-state index in [1.807, 2.05) is 18.3 Å². The van der Waals surface area contributed by atoms with Gasteiger partial charge in [0.1, 0.15) is 6.04 Å². The van der Waals surface area contributed by atoms with Crippen LogP contribution >= 0.6 is 0 Å². The normalized spacial score (nSPS) is 23.9. The van der Waals surface area contributed by atoms with Crippen LogP contribution in [0, 0.1) is 11.6 Å². The highest BCUT2D eigenvalue weighted by molar-refractivity contribution is 6.01. The van der Waals surface area contributed by atoms with Crippen LogP contribution in [0.15, 0.2) is 53.9 Å². The number of hydrogen-bond donors (Lipinski definition) is 3. The van der Waals surface area contributed by atoms with Crippen LogP contribution < -0.4 is 10.6 Å². The summed E-state index contributed by atoms with van der Waals surface area (Å²) in [6.07, 6.45) is 6.07. The highest BCUT2D eigenvalue weighted by Gasteiger charge is 2.44. The van der Waals surface area contributed by atoms with E-state index in [9.17, 15) is 28.3 Å². The molecule has 0 spiro atoms. The molecule has 218 valence electrons. The third-order valence-corrected chi connectivity index (χ3v) is 8.22. The lowest BCUT2D eigenvalue weighted by molar-refractivity contribution is -0.133. The molecule has 1 aromatic heterocycles. The third-order valence-electron chi connectivity index (χ3n) is 8.22. The molecule has 2 fully saturated rings. The number of piperidine rings is 1. The van der Waals surface area contributed by atoms with E-state index in [1.54, 1.807) is 0 Å². The van der Waals surface area contributed by atoms with Gasteiger partial charge in [0.25, 0.3) is 0 Å². The molecule has 3 aliphatic rings. The van der Waals surface area contributed by atoms with Crippen molar-refractivity contribution < 1.29 is 33.0 Å². The summed E-state index contributed by atoms with van der Waals surface area (Å²) in [6, 6.07) is 5.61. The molecule has 1 aromatic carbocycles. The molecule has 10 nitrogen and oxygen atoms in total. The molecule has 3 N–H and O–H groups in total. The molecular weight excluding hydrogens is 536 g/mol. The van der Waals surface area contributed by atoms with Gasteiger partial charge in [-0.05, 0) is 75.0 Å². The van der Waals surface area contributed by atoms with Crippen LogP contribution in [0.2, 0.25) is 0 Å². The van der Waals surface area contributed by atoms with E-state index in [-0.39, 0.29) is 35.5 Å². The Bertz CT molecular complexity index is 1330. The summed E-state index contributed by atoms with van der Waals surface area (Å²) in [5, 5.41) is 15.3. The van der Waals surface area contributed by atoms with E-state index in [4.69, 9.17) is 4.74 Å². The summed E-state index contributed by atoms with van der Waals surface area (Å²) in [5.41, 5.74) is 0.619. The molecule has 0 bridgehead atoms. The summed E-state index contributed by atoms with van der Waals surface area (Å²) in [7, 11) is 1.32. The number of carbonyl (C=O) groups excluding carboxylic acids is 2. The largest absolute Gasteiger partial charge is 0.478 e. The highest BCUT2D eigenvalue weighted by atomic mass is 19.2. The standard InChI is InChI=1S/C29H33F2N5O5/c1-41-16-24-25(27(37)38)26(18-5-8-21(30)22(31)14-18)36(29(40)34-24)28(39)33-19-6-7-20(15-19)35-12-9-17(10-13-35)23-4-2-3-11-32-23/h2-5,8,11,14,17,19-20,26H,6-7,9-10,12-13,15-16H2,1H3,(H,33,39)(H,34,40)(H,37,38)/t19-,20+,26-/m0/s1. The number of imide groups is 1. The minimum Gasteiger partial charge on any atom is -0.478 e. The Hall–Kier alpha value is -3.90. The van der Waals surface area contributed by atoms with Crippen molar-refractivity contribution in [1.82, 2.24) is 25.4 Å². The highest BCUT2D eigenvalue weighted by Crippen LogP contribution is 2.36. The number of pyridine rings is 1. The van der Waals surface area contributed by atoms with Gasteiger partial charge in [-0.1, -0.05) is 12.1 Å². The first kappa shape index (κ1) is 28.6. The first-order valence-electron chi connectivity index (χ1n) is 13.7. The van der Waals surface area contributed by atoms with Crippen LogP contribution in [0.1, 0.15) is 55.3 Å². The maximum Gasteiger partial charge on any atom is 0.335 e. The smallest absolute Gasteiger partial charge is 0.335 e. The fourth-order valence-electron chi connectivity index (χ4n) is 6.22. The van der Waals surface area contributed by atoms with Gasteiger partial charge in [0, 0.05) is 37.0 Å². The number of benzene rings is 1. The second kappa shape index (κ2) is 12.3. The van der Waals surface area contributed by atoms with Gasteiger partial charge >= 0.3 is 18.0 Å². The molecule has 1 saturated carbocycles. The van der Waals surface area contributed by atoms with E-state index in [0.29, 0.717) is 18.8 Å². The van der Waals surface area contributed by atoms with Crippen molar-refractivity contribution in [2.45, 2.75) is 56.1 Å². The third kappa shape index (κ3) is 6.08. The van der Waals surface area contributed by atoms with Gasteiger partial charge in [-0.15, -0.1) is 0 Å². The van der Waals surface area contributed by atoms with E-state index in [2.05, 4.69) is 26.6 Å². The number of amides is 4. The number of methoxy groups -OCH3 is 1. The molecule has 0 unspecified atom stereocenters. The van der Waals surface area contributed by atoms with Gasteiger partial charge in [-0.2, -0.15) is 0 Å². The molecule has 12 heteroatoms. The molecule has 3 heterocycles. The van der Waals surface area contributed by atoms with Crippen molar-refractivity contribution in [3.63, 3.8) is 0 Å². The van der Waals surface area contributed by atoms with Crippen LogP contribution in [0.4, 0.5) is 18.4 Å². The van der Waals surface area contributed by atoms with Crippen LogP contribution in [-0.2, 0) is 9.53 Å². The minimum atomic E-state index is -1.50. The number of nitrogens with zero attached hydrogens (tertiary/aromatic N) is 3. The molecule has 41 heavy (non-hydrogen) atoms. The lowest BCUT2D eigenvalue weighted by Crippen LogP contribution is -2.56. The zero-order chi connectivity index (χ0) is 29.1. The molecule has 1 aliphatic carbocycles. The number of hydrogen-bond acceptors (Lipinski definition) is 6. The quantitative estimate of drug-likeness (QED) is 0.462. The van der Waals surface area contributed by atoms with Crippen molar-refractivity contribution in [3.8, 4) is 0 Å². The molecule has 3 atom stereocenters. The number of rotatable bonds is 7. The summed E-state index contributed by atoms with van der Waals surface area (Å²) in [4.78, 5) is 46.7. The van der Waals surface area contributed by atoms with Gasteiger partial charge in [-0.25, -0.2) is 28.1 Å². The van der Waals surface area contributed by atoms with Crippen LogP contribution in [0.5, 0.6) is 0 Å². The molecule has 5 rings (SSSR count). The fraction of sp³-hybridized carbons (Fsp3) is 0.448. The fourth-order valence-corrected chi connectivity index (χ4v) is 6.22. The predicted octanol–water partition coefficient (Wildman–Crippen LogP) is 3.92. The number of urea groups is 2. The summed E-state index contributed by atoms with van der Waals surface area (Å²) in [5.74, 6) is -3.37. The molecule has 2 aromatic rings. The topological polar surface area (TPSA) is 124 Å². The van der Waals surface area contributed by atoms with Crippen LogP contribution in [0.3, 0.4) is 0 Å². The lowest BCUT2D eigenvalue weighted by atomic mass is 9.92. The second-order valence-corrected chi connectivity index (χ2v) is 10.7. The second-order valence-electron chi connectivity index (χ2n) is 10.7. The van der Waals surface area contributed by atoms with E-state index in [1.165, 1.54) is 7.11 Å². The van der Waals surface area contributed by atoms with Crippen molar-refractivity contribution in [1.29, 1.82) is 0 Å². The monoisotopic (exact) mass is 569 g/mol. The van der Waals surface area contributed by atoms with Crippen LogP contribution in [-0.4, -0.2) is 76.8 Å². The average Bonchev–Trinajstić information content (AvgIpc) is 3.43. The molecule has 1 saturated heterocycles. The zero-order valence-corrected chi connectivity index (χ0v) is 22.7. The number of carboxylic acids is 1. The summed E-state index contributed by atoms with van der Waals surface area (Å²) >= 11 is 0. The van der Waals surface area contributed by atoms with Crippen molar-refractivity contribution >= 4 is 18.0 Å². The van der Waals surface area contributed by atoms with Crippen LogP contribution in [0.25, 0.3) is 0 Å². The predicted molar refractivity (Wildman–Crippen MR) is 144 cm³/mol. The maximum absolute atomic E-state index is 14.2. The first-order chi connectivity index (χ1) is 19.8. The van der Waals surface area contributed by atoms with E-state index < -0.39 is 35.7 Å². The van der Waals surface area contributed by atoms with Crippen molar-refractivity contribution in [2.24, 2.45) is 0 Å². The van der Waals surface area contributed by atoms with E-state index >= 15 is 0 Å². The SMILES string of the molecule is COCC1=C(C(=O)O)[C@H](c2ccc(F)c(F)c2)N(C(=O)N[C@H]2CC[C@@H](N3CCC(c4ccccn4)CC3)C2)C(=O)N1. The summed E-state index contributed by atoms with van der Waals surface area (Å²) < 4.78 is 33.0. The number of nitrogens with one attached hydrogen (secondary N) is 2. The van der Waals surface area contributed by atoms with Gasteiger partial charge in [-0.3, -0.25) is 4.98 Å².